The summed E-state index contributed by atoms with van der Waals surface area (Å²) in [5, 5.41) is 3.42. The molecule has 0 aromatic carbocycles. The first-order valence-corrected chi connectivity index (χ1v) is 6.94. The molecule has 1 N–H and O–H groups in total. The fourth-order valence-corrected chi connectivity index (χ4v) is 2.33. The number of nitrogens with zero attached hydrogens (tertiary/aromatic N) is 2. The molecule has 0 amide bonds. The van der Waals surface area contributed by atoms with Crippen LogP contribution in [0.4, 0.5) is 4.39 Å². The lowest BCUT2D eigenvalue weighted by Crippen LogP contribution is -2.38. The number of rotatable bonds is 6. The molecule has 5 heteroatoms. The third-order valence-corrected chi connectivity index (χ3v) is 3.40. The number of ether oxygens (including phenoxy) is 1. The lowest BCUT2D eigenvalue weighted by Gasteiger charge is -2.28. The molecule has 2 heterocycles. The van der Waals surface area contributed by atoms with Crippen molar-refractivity contribution in [3.05, 3.63) is 29.8 Å². The van der Waals surface area contributed by atoms with E-state index in [0.29, 0.717) is 0 Å². The molecular formula is C14H22FN3O. The van der Waals surface area contributed by atoms with Crippen LogP contribution in [0.2, 0.25) is 0 Å². The second-order valence-electron chi connectivity index (χ2n) is 4.75. The molecule has 0 spiro atoms. The average molecular weight is 267 g/mol. The van der Waals surface area contributed by atoms with Crippen molar-refractivity contribution in [1.29, 1.82) is 0 Å². The summed E-state index contributed by atoms with van der Waals surface area (Å²) >= 11 is 0. The van der Waals surface area contributed by atoms with E-state index >= 15 is 0 Å². The highest BCUT2D eigenvalue weighted by molar-refractivity contribution is 5.10. The molecule has 1 aliphatic rings. The molecule has 1 fully saturated rings. The van der Waals surface area contributed by atoms with E-state index in [9.17, 15) is 4.39 Å². The molecular weight excluding hydrogens is 245 g/mol. The van der Waals surface area contributed by atoms with Gasteiger partial charge < -0.3 is 10.1 Å². The Morgan fingerprint density at radius 3 is 2.84 bits per heavy atom. The molecule has 4 nitrogen and oxygen atoms in total. The Kier molecular flexibility index (Phi) is 5.69. The summed E-state index contributed by atoms with van der Waals surface area (Å²) in [4.78, 5) is 6.58. The van der Waals surface area contributed by atoms with Gasteiger partial charge in [0, 0.05) is 19.6 Å². The van der Waals surface area contributed by atoms with Crippen LogP contribution in [0.1, 0.15) is 25.1 Å². The first-order chi connectivity index (χ1) is 9.29. The topological polar surface area (TPSA) is 37.4 Å². The van der Waals surface area contributed by atoms with Gasteiger partial charge in [0.25, 0.3) is 0 Å². The SMILES string of the molecule is CCNC(CCN1CCOCC1)c1ccc(F)cn1. The second kappa shape index (κ2) is 7.53. The molecule has 1 aliphatic heterocycles. The molecule has 1 aromatic heterocycles. The predicted molar refractivity (Wildman–Crippen MR) is 72.5 cm³/mol. The Balaban J connectivity index is 1.89. The summed E-state index contributed by atoms with van der Waals surface area (Å²) in [6.45, 7) is 7.60. The van der Waals surface area contributed by atoms with Gasteiger partial charge in [0.15, 0.2) is 0 Å². The fraction of sp³-hybridized carbons (Fsp3) is 0.643. The van der Waals surface area contributed by atoms with Crippen LogP contribution < -0.4 is 5.32 Å². The summed E-state index contributed by atoms with van der Waals surface area (Å²) in [7, 11) is 0. The molecule has 0 bridgehead atoms. The van der Waals surface area contributed by atoms with Gasteiger partial charge in [-0.3, -0.25) is 9.88 Å². The molecule has 0 radical (unpaired) electrons. The first kappa shape index (κ1) is 14.4. The Morgan fingerprint density at radius 2 is 2.21 bits per heavy atom. The van der Waals surface area contributed by atoms with E-state index in [2.05, 4.69) is 22.1 Å². The molecule has 1 aromatic rings. The molecule has 1 atom stereocenters. The van der Waals surface area contributed by atoms with E-state index in [4.69, 9.17) is 4.74 Å². The Bertz CT molecular complexity index is 365. The Labute approximate surface area is 114 Å². The van der Waals surface area contributed by atoms with Crippen LogP contribution in [0, 0.1) is 5.82 Å². The molecule has 2 rings (SSSR count). The summed E-state index contributed by atoms with van der Waals surface area (Å²) in [5.74, 6) is -0.285. The van der Waals surface area contributed by atoms with Crippen molar-refractivity contribution in [2.75, 3.05) is 39.4 Å². The van der Waals surface area contributed by atoms with Crippen molar-refractivity contribution in [2.24, 2.45) is 0 Å². The van der Waals surface area contributed by atoms with Gasteiger partial charge in [0.2, 0.25) is 0 Å². The lowest BCUT2D eigenvalue weighted by atomic mass is 10.1. The number of hydrogen-bond acceptors (Lipinski definition) is 4. The third-order valence-electron chi connectivity index (χ3n) is 3.40. The lowest BCUT2D eigenvalue weighted by molar-refractivity contribution is 0.0361. The maximum absolute atomic E-state index is 12.9. The van der Waals surface area contributed by atoms with Crippen LogP contribution in [-0.2, 0) is 4.74 Å². The number of morpholine rings is 1. The minimum Gasteiger partial charge on any atom is -0.379 e. The normalized spacial score (nSPS) is 18.4. The van der Waals surface area contributed by atoms with Crippen LogP contribution in [0.15, 0.2) is 18.3 Å². The average Bonchev–Trinajstić information content (AvgIpc) is 2.46. The zero-order valence-corrected chi connectivity index (χ0v) is 11.4. The van der Waals surface area contributed by atoms with E-state index in [1.54, 1.807) is 6.07 Å². The predicted octanol–water partition coefficient (Wildman–Crippen LogP) is 1.59. The van der Waals surface area contributed by atoms with Gasteiger partial charge in [-0.1, -0.05) is 6.92 Å². The first-order valence-electron chi connectivity index (χ1n) is 6.94. The summed E-state index contributed by atoms with van der Waals surface area (Å²) in [6, 6.07) is 3.43. The minimum absolute atomic E-state index is 0.188. The van der Waals surface area contributed by atoms with Crippen LogP contribution in [0.3, 0.4) is 0 Å². The van der Waals surface area contributed by atoms with E-state index in [0.717, 1.165) is 51.5 Å². The van der Waals surface area contributed by atoms with Gasteiger partial charge in [0.05, 0.1) is 31.1 Å². The summed E-state index contributed by atoms with van der Waals surface area (Å²) in [5.41, 5.74) is 0.913. The van der Waals surface area contributed by atoms with Crippen molar-refractivity contribution in [2.45, 2.75) is 19.4 Å². The van der Waals surface area contributed by atoms with E-state index in [1.165, 1.54) is 12.3 Å². The van der Waals surface area contributed by atoms with Crippen LogP contribution >= 0.6 is 0 Å². The Hall–Kier alpha value is -1.04. The highest BCUT2D eigenvalue weighted by Crippen LogP contribution is 2.15. The quantitative estimate of drug-likeness (QED) is 0.849. The van der Waals surface area contributed by atoms with Gasteiger partial charge >= 0.3 is 0 Å². The zero-order valence-electron chi connectivity index (χ0n) is 11.4. The molecule has 19 heavy (non-hydrogen) atoms. The molecule has 0 saturated carbocycles. The van der Waals surface area contributed by atoms with E-state index < -0.39 is 0 Å². The summed E-state index contributed by atoms with van der Waals surface area (Å²) in [6.07, 6.45) is 2.26. The molecule has 1 unspecified atom stereocenters. The van der Waals surface area contributed by atoms with Gasteiger partial charge in [-0.05, 0) is 25.1 Å². The highest BCUT2D eigenvalue weighted by atomic mass is 19.1. The highest BCUT2D eigenvalue weighted by Gasteiger charge is 2.15. The second-order valence-corrected chi connectivity index (χ2v) is 4.75. The van der Waals surface area contributed by atoms with Gasteiger partial charge in [-0.15, -0.1) is 0 Å². The molecule has 0 aliphatic carbocycles. The zero-order chi connectivity index (χ0) is 13.5. The molecule has 106 valence electrons. The smallest absolute Gasteiger partial charge is 0.141 e. The maximum Gasteiger partial charge on any atom is 0.141 e. The number of nitrogens with one attached hydrogen (secondary N) is 1. The van der Waals surface area contributed by atoms with Crippen molar-refractivity contribution in [3.63, 3.8) is 0 Å². The van der Waals surface area contributed by atoms with E-state index in [-0.39, 0.29) is 11.9 Å². The summed E-state index contributed by atoms with van der Waals surface area (Å²) < 4.78 is 18.2. The minimum atomic E-state index is -0.285. The van der Waals surface area contributed by atoms with Gasteiger partial charge in [-0.25, -0.2) is 4.39 Å². The molecule has 1 saturated heterocycles. The number of aromatic nitrogens is 1. The fourth-order valence-electron chi connectivity index (χ4n) is 2.33. The number of pyridine rings is 1. The van der Waals surface area contributed by atoms with Crippen LogP contribution in [0.5, 0.6) is 0 Å². The largest absolute Gasteiger partial charge is 0.379 e. The van der Waals surface area contributed by atoms with Crippen LogP contribution in [-0.4, -0.2) is 49.3 Å². The van der Waals surface area contributed by atoms with Crippen molar-refractivity contribution >= 4 is 0 Å². The number of halogens is 1. The van der Waals surface area contributed by atoms with Crippen molar-refractivity contribution in [3.8, 4) is 0 Å². The van der Waals surface area contributed by atoms with Crippen molar-refractivity contribution < 1.29 is 9.13 Å². The monoisotopic (exact) mass is 267 g/mol. The van der Waals surface area contributed by atoms with Crippen molar-refractivity contribution in [1.82, 2.24) is 15.2 Å². The van der Waals surface area contributed by atoms with Gasteiger partial charge in [0.1, 0.15) is 5.82 Å². The third kappa shape index (κ3) is 4.53. The number of hydrogen-bond donors (Lipinski definition) is 1. The van der Waals surface area contributed by atoms with Gasteiger partial charge in [-0.2, -0.15) is 0 Å². The Morgan fingerprint density at radius 1 is 1.42 bits per heavy atom. The maximum atomic E-state index is 12.9. The standard InChI is InChI=1S/C14H22FN3O/c1-2-16-14(13-4-3-12(15)11-17-13)5-6-18-7-9-19-10-8-18/h3-4,11,14,16H,2,5-10H2,1H3. The van der Waals surface area contributed by atoms with E-state index in [1.807, 2.05) is 0 Å². The van der Waals surface area contributed by atoms with Crippen LogP contribution in [0.25, 0.3) is 0 Å².